The minimum atomic E-state index is -1.28. The van der Waals surface area contributed by atoms with E-state index < -0.39 is 71.7 Å². The number of benzene rings is 4. The summed E-state index contributed by atoms with van der Waals surface area (Å²) in [6.45, 7) is 0.797. The van der Waals surface area contributed by atoms with Crippen LogP contribution in [-0.4, -0.2) is 94.8 Å². The molecule has 2 aromatic heterocycles. The Bertz CT molecular complexity index is 2630. The molecule has 15 N–H and O–H groups in total. The van der Waals surface area contributed by atoms with E-state index in [1.165, 1.54) is 0 Å². The molecular weight excluding hydrogens is 875 g/mol. The number of hydrogen-bond donors (Lipinski definition) is 11. The lowest BCUT2D eigenvalue weighted by Gasteiger charge is -2.27. The third-order valence-corrected chi connectivity index (χ3v) is 12.2. The van der Waals surface area contributed by atoms with Crippen LogP contribution in [0.3, 0.4) is 0 Å². The normalized spacial score (nSPS) is 13.9. The zero-order chi connectivity index (χ0) is 49.1. The van der Waals surface area contributed by atoms with Gasteiger partial charge in [-0.15, -0.1) is 0 Å². The monoisotopic (exact) mass is 940 g/mol. The summed E-state index contributed by atoms with van der Waals surface area (Å²) in [5.74, 6) is -3.92. The van der Waals surface area contributed by atoms with E-state index >= 15 is 0 Å². The van der Waals surface area contributed by atoms with Crippen LogP contribution >= 0.6 is 0 Å². The van der Waals surface area contributed by atoms with E-state index in [9.17, 15) is 28.8 Å². The number of aromatic amines is 2. The molecule has 0 radical (unpaired) electrons. The largest absolute Gasteiger partial charge is 0.368 e. The molecule has 6 amide bonds. The van der Waals surface area contributed by atoms with Gasteiger partial charge in [0, 0.05) is 59.9 Å². The van der Waals surface area contributed by atoms with E-state index in [1.54, 1.807) is 12.4 Å². The number of unbranched alkanes of at least 4 members (excludes halogenated alkanes) is 2. The number of para-hydroxylation sites is 2. The summed E-state index contributed by atoms with van der Waals surface area (Å²) in [6.07, 6.45) is 6.60. The van der Waals surface area contributed by atoms with Crippen LogP contribution in [0.15, 0.2) is 122 Å². The summed E-state index contributed by atoms with van der Waals surface area (Å²) >= 11 is 0. The third-order valence-electron chi connectivity index (χ3n) is 12.2. The molecule has 0 aliphatic carbocycles. The summed E-state index contributed by atoms with van der Waals surface area (Å²) in [7, 11) is 0. The van der Waals surface area contributed by atoms with Gasteiger partial charge in [-0.1, -0.05) is 103 Å². The summed E-state index contributed by atoms with van der Waals surface area (Å²) < 4.78 is 0. The Kier molecular flexibility index (Phi) is 19.0. The molecule has 0 saturated heterocycles. The van der Waals surface area contributed by atoms with Gasteiger partial charge in [-0.2, -0.15) is 0 Å². The maximum absolute atomic E-state index is 14.8. The standard InChI is InChI=1S/C52H65N11O6/c53-25-13-11-21-39(55)48(65)61-44(27-33-15-3-1-4-16-33)50(67)59-42(24-12-14-26-54)49(66)63-46(30-36-32-58-41-23-10-8-20-38(36)41)52(69)62-45(28-34-17-5-2-6-18-34)51(68)60-43(47(56)64)29-35-31-57-40-22-9-7-19-37(35)40/h1-10,15-20,22-23,31-32,39,42-46,57-58H,11-14,21,24-30,53-55H2,(H2,56,64)(H,59,67)(H,60,68)(H,61,65)(H,62,69)(H,63,66)/t39-,42-,43-,44-,45-,46-/m0/s1. The van der Waals surface area contributed by atoms with Crippen molar-refractivity contribution in [3.63, 3.8) is 0 Å². The molecule has 0 fully saturated rings. The van der Waals surface area contributed by atoms with Crippen molar-refractivity contribution < 1.29 is 28.8 Å². The topological polar surface area (TPSA) is 298 Å². The molecule has 6 rings (SSSR count). The van der Waals surface area contributed by atoms with Gasteiger partial charge in [-0.25, -0.2) is 0 Å². The molecule has 364 valence electrons. The minimum absolute atomic E-state index is 0.00998. The smallest absolute Gasteiger partial charge is 0.243 e. The molecule has 0 aliphatic rings. The number of rotatable bonds is 27. The number of hydrogen-bond acceptors (Lipinski definition) is 9. The van der Waals surface area contributed by atoms with Crippen molar-refractivity contribution in [2.75, 3.05) is 13.1 Å². The zero-order valence-electron chi connectivity index (χ0n) is 38.8. The van der Waals surface area contributed by atoms with Crippen molar-refractivity contribution in [1.29, 1.82) is 0 Å². The molecule has 0 spiro atoms. The second-order valence-electron chi connectivity index (χ2n) is 17.4. The van der Waals surface area contributed by atoms with Crippen molar-refractivity contribution in [3.8, 4) is 0 Å². The molecule has 0 aliphatic heterocycles. The number of fused-ring (bicyclic) bond motifs is 2. The lowest BCUT2D eigenvalue weighted by atomic mass is 10.00. The number of carbonyl (C=O) groups is 6. The molecular formula is C52H65N11O6. The van der Waals surface area contributed by atoms with Crippen LogP contribution in [0.5, 0.6) is 0 Å². The molecule has 2 heterocycles. The van der Waals surface area contributed by atoms with Crippen molar-refractivity contribution in [2.45, 2.75) is 100 Å². The predicted molar refractivity (Wildman–Crippen MR) is 267 cm³/mol. The molecule has 0 unspecified atom stereocenters. The molecule has 17 nitrogen and oxygen atoms in total. The average Bonchev–Trinajstić information content (AvgIpc) is 3.97. The number of carbonyl (C=O) groups excluding carboxylic acids is 6. The van der Waals surface area contributed by atoms with Gasteiger partial charge in [0.25, 0.3) is 0 Å². The zero-order valence-corrected chi connectivity index (χ0v) is 38.8. The highest BCUT2D eigenvalue weighted by Gasteiger charge is 2.34. The first-order chi connectivity index (χ1) is 33.4. The second-order valence-corrected chi connectivity index (χ2v) is 17.4. The van der Waals surface area contributed by atoms with Crippen molar-refractivity contribution in [3.05, 3.63) is 144 Å². The van der Waals surface area contributed by atoms with Crippen LogP contribution < -0.4 is 49.5 Å². The summed E-state index contributed by atoms with van der Waals surface area (Å²) in [5, 5.41) is 15.9. The van der Waals surface area contributed by atoms with Crippen LogP contribution in [-0.2, 0) is 54.5 Å². The van der Waals surface area contributed by atoms with E-state index in [2.05, 4.69) is 36.6 Å². The fourth-order valence-electron chi connectivity index (χ4n) is 8.36. The number of aromatic nitrogens is 2. The Hall–Kier alpha value is -7.34. The average molecular weight is 940 g/mol. The highest BCUT2D eigenvalue weighted by molar-refractivity contribution is 5.97. The Labute approximate surface area is 401 Å². The van der Waals surface area contributed by atoms with E-state index in [0.717, 1.165) is 38.5 Å². The van der Waals surface area contributed by atoms with Gasteiger partial charge in [-0.05, 0) is 79.6 Å². The Morgan fingerprint density at radius 2 is 0.812 bits per heavy atom. The molecule has 17 heteroatoms. The van der Waals surface area contributed by atoms with Crippen LogP contribution in [0.4, 0.5) is 0 Å². The SMILES string of the molecule is NCCCC[C@H](NC(=O)[C@H](Cc1ccccc1)NC(=O)[C@@H](N)CCCCN)C(=O)N[C@@H](Cc1c[nH]c2ccccc12)C(=O)N[C@@H](Cc1ccccc1)C(=O)N[C@@H](Cc1c[nH]c2ccccc12)C(N)=O. The second kappa shape index (κ2) is 25.7. The number of H-pyrrole nitrogens is 2. The van der Waals surface area contributed by atoms with Crippen LogP contribution in [0.2, 0.25) is 0 Å². The number of primary amides is 1. The highest BCUT2D eigenvalue weighted by atomic mass is 16.2. The first-order valence-electron chi connectivity index (χ1n) is 23.6. The minimum Gasteiger partial charge on any atom is -0.368 e. The lowest BCUT2D eigenvalue weighted by Crippen LogP contribution is -2.60. The van der Waals surface area contributed by atoms with Crippen molar-refractivity contribution >= 4 is 57.2 Å². The van der Waals surface area contributed by atoms with Crippen LogP contribution in [0.1, 0.15) is 60.8 Å². The molecule has 0 saturated carbocycles. The maximum Gasteiger partial charge on any atom is 0.243 e. The van der Waals surface area contributed by atoms with Crippen molar-refractivity contribution in [1.82, 2.24) is 36.6 Å². The van der Waals surface area contributed by atoms with E-state index in [4.69, 9.17) is 22.9 Å². The molecule has 6 aromatic rings. The fraction of sp³-hybridized carbons (Fsp3) is 0.346. The van der Waals surface area contributed by atoms with E-state index in [0.29, 0.717) is 50.8 Å². The van der Waals surface area contributed by atoms with Gasteiger partial charge in [0.2, 0.25) is 35.4 Å². The first kappa shape index (κ1) is 51.1. The lowest BCUT2D eigenvalue weighted by molar-refractivity contribution is -0.135. The highest BCUT2D eigenvalue weighted by Crippen LogP contribution is 2.21. The van der Waals surface area contributed by atoms with Gasteiger partial charge in [-0.3, -0.25) is 28.8 Å². The number of nitrogens with one attached hydrogen (secondary N) is 7. The van der Waals surface area contributed by atoms with Gasteiger partial charge >= 0.3 is 0 Å². The molecule has 6 atom stereocenters. The molecule has 4 aromatic carbocycles. The Balaban J connectivity index is 1.27. The Morgan fingerprint density at radius 3 is 1.29 bits per heavy atom. The molecule has 69 heavy (non-hydrogen) atoms. The fourth-order valence-corrected chi connectivity index (χ4v) is 8.36. The summed E-state index contributed by atoms with van der Waals surface area (Å²) in [4.78, 5) is 90.7. The van der Waals surface area contributed by atoms with E-state index in [-0.39, 0.29) is 32.1 Å². The summed E-state index contributed by atoms with van der Waals surface area (Å²) in [6, 6.07) is 26.5. The first-order valence-corrected chi connectivity index (χ1v) is 23.6. The van der Waals surface area contributed by atoms with Crippen molar-refractivity contribution in [2.24, 2.45) is 22.9 Å². The quantitative estimate of drug-likeness (QED) is 0.0338. The van der Waals surface area contributed by atoms with Crippen LogP contribution in [0.25, 0.3) is 21.8 Å². The van der Waals surface area contributed by atoms with Gasteiger partial charge < -0.3 is 59.5 Å². The van der Waals surface area contributed by atoms with E-state index in [1.807, 2.05) is 109 Å². The number of amides is 6. The maximum atomic E-state index is 14.8. The number of nitrogens with two attached hydrogens (primary N) is 4. The van der Waals surface area contributed by atoms with Gasteiger partial charge in [0.1, 0.15) is 30.2 Å². The third kappa shape index (κ3) is 14.8. The summed E-state index contributed by atoms with van der Waals surface area (Å²) in [5.41, 5.74) is 28.2. The van der Waals surface area contributed by atoms with Gasteiger partial charge in [0.05, 0.1) is 6.04 Å². The predicted octanol–water partition coefficient (Wildman–Crippen LogP) is 2.41. The van der Waals surface area contributed by atoms with Crippen LogP contribution in [0, 0.1) is 0 Å². The van der Waals surface area contributed by atoms with Gasteiger partial charge in [0.15, 0.2) is 0 Å². The molecule has 0 bridgehead atoms. The Morgan fingerprint density at radius 1 is 0.435 bits per heavy atom.